The number of hydrogen-bond acceptors (Lipinski definition) is 2. The molecule has 0 bridgehead atoms. The number of aliphatic hydroxyl groups excluding tert-OH is 1. The number of nitrogens with zero attached hydrogens (tertiary/aromatic N) is 1. The summed E-state index contributed by atoms with van der Waals surface area (Å²) in [7, 11) is 0. The van der Waals surface area contributed by atoms with E-state index in [-0.39, 0.29) is 0 Å². The van der Waals surface area contributed by atoms with Crippen molar-refractivity contribution in [3.05, 3.63) is 65.2 Å². The molecule has 1 aromatic carbocycles. The van der Waals surface area contributed by atoms with Crippen LogP contribution in [0.5, 0.6) is 0 Å². The van der Waals surface area contributed by atoms with Gasteiger partial charge in [-0.2, -0.15) is 0 Å². The standard InChI is InChI=1S/C13H12FNO/c1-9-2-4-10(5-3-9)13(16)11-6-12(14)8-15-7-11/h2-8,13,16H,1H3. The molecule has 2 rings (SSSR count). The van der Waals surface area contributed by atoms with E-state index in [0.29, 0.717) is 5.56 Å². The zero-order valence-electron chi connectivity index (χ0n) is 8.89. The van der Waals surface area contributed by atoms with E-state index in [4.69, 9.17) is 0 Å². The molecular weight excluding hydrogens is 205 g/mol. The Morgan fingerprint density at radius 3 is 2.44 bits per heavy atom. The third kappa shape index (κ3) is 2.25. The topological polar surface area (TPSA) is 33.1 Å². The second-order valence-corrected chi connectivity index (χ2v) is 3.75. The molecule has 1 heterocycles. The normalized spacial score (nSPS) is 12.4. The lowest BCUT2D eigenvalue weighted by Gasteiger charge is -2.11. The van der Waals surface area contributed by atoms with Crippen LogP contribution in [0.25, 0.3) is 0 Å². The average Bonchev–Trinajstić information content (AvgIpc) is 2.29. The van der Waals surface area contributed by atoms with Gasteiger partial charge in [-0.3, -0.25) is 4.98 Å². The van der Waals surface area contributed by atoms with Gasteiger partial charge in [0.15, 0.2) is 0 Å². The Kier molecular flexibility index (Phi) is 2.97. The van der Waals surface area contributed by atoms with Gasteiger partial charge >= 0.3 is 0 Å². The second kappa shape index (κ2) is 4.41. The number of aryl methyl sites for hydroxylation is 1. The maximum absolute atomic E-state index is 12.9. The zero-order valence-corrected chi connectivity index (χ0v) is 8.89. The highest BCUT2D eigenvalue weighted by atomic mass is 19.1. The number of pyridine rings is 1. The predicted octanol–water partition coefficient (Wildman–Crippen LogP) is 2.61. The Morgan fingerprint density at radius 1 is 1.12 bits per heavy atom. The lowest BCUT2D eigenvalue weighted by atomic mass is 10.0. The van der Waals surface area contributed by atoms with Gasteiger partial charge in [0, 0.05) is 11.8 Å². The fraction of sp³-hybridized carbons (Fsp3) is 0.154. The van der Waals surface area contributed by atoms with Crippen molar-refractivity contribution < 1.29 is 9.50 Å². The molecule has 0 aliphatic rings. The summed E-state index contributed by atoms with van der Waals surface area (Å²) in [4.78, 5) is 3.71. The summed E-state index contributed by atoms with van der Waals surface area (Å²) >= 11 is 0. The molecule has 0 fully saturated rings. The van der Waals surface area contributed by atoms with Gasteiger partial charge in [-0.15, -0.1) is 0 Å². The number of halogens is 1. The van der Waals surface area contributed by atoms with Gasteiger partial charge in [0.25, 0.3) is 0 Å². The SMILES string of the molecule is Cc1ccc(C(O)c2cncc(F)c2)cc1. The van der Waals surface area contributed by atoms with Gasteiger partial charge < -0.3 is 5.11 Å². The molecule has 1 N–H and O–H groups in total. The second-order valence-electron chi connectivity index (χ2n) is 3.75. The third-order valence-electron chi connectivity index (χ3n) is 2.43. The van der Waals surface area contributed by atoms with Crippen LogP contribution in [-0.2, 0) is 0 Å². The molecule has 0 saturated carbocycles. The third-order valence-corrected chi connectivity index (χ3v) is 2.43. The highest BCUT2D eigenvalue weighted by molar-refractivity contribution is 5.30. The molecule has 0 saturated heterocycles. The summed E-state index contributed by atoms with van der Waals surface area (Å²) < 4.78 is 12.9. The van der Waals surface area contributed by atoms with E-state index in [1.54, 1.807) is 0 Å². The molecule has 3 heteroatoms. The molecule has 1 aromatic heterocycles. The van der Waals surface area contributed by atoms with Crippen molar-refractivity contribution in [3.8, 4) is 0 Å². The molecule has 82 valence electrons. The zero-order chi connectivity index (χ0) is 11.5. The van der Waals surface area contributed by atoms with Crippen molar-refractivity contribution in [1.29, 1.82) is 0 Å². The van der Waals surface area contributed by atoms with Crippen LogP contribution >= 0.6 is 0 Å². The average molecular weight is 217 g/mol. The quantitative estimate of drug-likeness (QED) is 0.838. The highest BCUT2D eigenvalue weighted by Gasteiger charge is 2.10. The van der Waals surface area contributed by atoms with E-state index in [1.165, 1.54) is 12.3 Å². The van der Waals surface area contributed by atoms with E-state index in [1.807, 2.05) is 31.2 Å². The summed E-state index contributed by atoms with van der Waals surface area (Å²) in [5.74, 6) is -0.441. The maximum Gasteiger partial charge on any atom is 0.141 e. The predicted molar refractivity (Wildman–Crippen MR) is 59.4 cm³/mol. The lowest BCUT2D eigenvalue weighted by molar-refractivity contribution is 0.219. The highest BCUT2D eigenvalue weighted by Crippen LogP contribution is 2.21. The van der Waals surface area contributed by atoms with Crippen LogP contribution < -0.4 is 0 Å². The largest absolute Gasteiger partial charge is 0.384 e. The van der Waals surface area contributed by atoms with Crippen molar-refractivity contribution >= 4 is 0 Å². The Labute approximate surface area is 93.4 Å². The first-order chi connectivity index (χ1) is 7.66. The minimum atomic E-state index is -0.830. The minimum Gasteiger partial charge on any atom is -0.384 e. The van der Waals surface area contributed by atoms with Crippen molar-refractivity contribution in [2.75, 3.05) is 0 Å². The van der Waals surface area contributed by atoms with Crippen LogP contribution in [0.2, 0.25) is 0 Å². The summed E-state index contributed by atoms with van der Waals surface area (Å²) in [6.07, 6.45) is 1.75. The Balaban J connectivity index is 2.31. The minimum absolute atomic E-state index is 0.441. The molecule has 0 spiro atoms. The summed E-state index contributed by atoms with van der Waals surface area (Å²) in [5, 5.41) is 10.0. The van der Waals surface area contributed by atoms with Crippen molar-refractivity contribution in [2.24, 2.45) is 0 Å². The van der Waals surface area contributed by atoms with Gasteiger partial charge in [-0.25, -0.2) is 4.39 Å². The Bertz CT molecular complexity index is 482. The first-order valence-corrected chi connectivity index (χ1v) is 5.02. The molecule has 0 aliphatic heterocycles. The van der Waals surface area contributed by atoms with Crippen LogP contribution in [0.4, 0.5) is 4.39 Å². The van der Waals surface area contributed by atoms with Crippen LogP contribution in [0.1, 0.15) is 22.8 Å². The molecule has 0 aliphatic carbocycles. The maximum atomic E-state index is 12.9. The summed E-state index contributed by atoms with van der Waals surface area (Å²) in [6, 6.07) is 8.75. The fourth-order valence-corrected chi connectivity index (χ4v) is 1.52. The molecule has 0 radical (unpaired) electrons. The molecule has 2 aromatic rings. The fourth-order valence-electron chi connectivity index (χ4n) is 1.52. The molecule has 16 heavy (non-hydrogen) atoms. The van der Waals surface area contributed by atoms with E-state index in [0.717, 1.165) is 17.3 Å². The Morgan fingerprint density at radius 2 is 1.81 bits per heavy atom. The van der Waals surface area contributed by atoms with E-state index >= 15 is 0 Å². The number of aliphatic hydroxyl groups is 1. The van der Waals surface area contributed by atoms with E-state index < -0.39 is 11.9 Å². The molecule has 1 atom stereocenters. The van der Waals surface area contributed by atoms with Crippen LogP contribution in [0, 0.1) is 12.7 Å². The van der Waals surface area contributed by atoms with Crippen molar-refractivity contribution in [1.82, 2.24) is 4.98 Å². The molecule has 0 amide bonds. The number of aromatic nitrogens is 1. The van der Waals surface area contributed by atoms with Crippen molar-refractivity contribution in [3.63, 3.8) is 0 Å². The Hall–Kier alpha value is -1.74. The van der Waals surface area contributed by atoms with Gasteiger partial charge in [0.05, 0.1) is 6.20 Å². The van der Waals surface area contributed by atoms with E-state index in [2.05, 4.69) is 4.98 Å². The number of hydrogen-bond donors (Lipinski definition) is 1. The first-order valence-electron chi connectivity index (χ1n) is 5.02. The number of rotatable bonds is 2. The molecule has 1 unspecified atom stereocenters. The summed E-state index contributed by atoms with van der Waals surface area (Å²) in [5.41, 5.74) is 2.31. The van der Waals surface area contributed by atoms with Gasteiger partial charge in [0.1, 0.15) is 11.9 Å². The smallest absolute Gasteiger partial charge is 0.141 e. The van der Waals surface area contributed by atoms with Gasteiger partial charge in [0.2, 0.25) is 0 Å². The monoisotopic (exact) mass is 217 g/mol. The first kappa shape index (κ1) is 10.8. The van der Waals surface area contributed by atoms with Crippen LogP contribution in [-0.4, -0.2) is 10.1 Å². The lowest BCUT2D eigenvalue weighted by Crippen LogP contribution is -2.00. The molecular formula is C13H12FNO. The van der Waals surface area contributed by atoms with Crippen LogP contribution in [0.15, 0.2) is 42.7 Å². The van der Waals surface area contributed by atoms with Crippen molar-refractivity contribution in [2.45, 2.75) is 13.0 Å². The van der Waals surface area contributed by atoms with Gasteiger partial charge in [-0.1, -0.05) is 29.8 Å². The van der Waals surface area contributed by atoms with Crippen LogP contribution in [0.3, 0.4) is 0 Å². The number of benzene rings is 1. The summed E-state index contributed by atoms with van der Waals surface area (Å²) in [6.45, 7) is 1.97. The van der Waals surface area contributed by atoms with E-state index in [9.17, 15) is 9.50 Å². The van der Waals surface area contributed by atoms with Gasteiger partial charge in [-0.05, 0) is 18.6 Å². The molecule has 2 nitrogen and oxygen atoms in total.